The average molecular weight is 262 g/mol. The van der Waals surface area contributed by atoms with Gasteiger partial charge in [0.25, 0.3) is 0 Å². The topological polar surface area (TPSA) is 64.7 Å². The molecule has 0 heterocycles. The highest BCUT2D eigenvalue weighted by Crippen LogP contribution is 2.35. The largest absolute Gasteiger partial charge is 0.493 e. The molecule has 4 nitrogen and oxygen atoms in total. The van der Waals surface area contributed by atoms with Gasteiger partial charge in [0.15, 0.2) is 11.5 Å². The van der Waals surface area contributed by atoms with Gasteiger partial charge in [-0.3, -0.25) is 0 Å². The molecule has 0 aliphatic carbocycles. The predicted molar refractivity (Wildman–Crippen MR) is 70.0 cm³/mol. The van der Waals surface area contributed by atoms with Gasteiger partial charge < -0.3 is 20.3 Å². The third-order valence-corrected chi connectivity index (χ3v) is 2.63. The van der Waals surface area contributed by atoms with Crippen LogP contribution in [0.15, 0.2) is 18.2 Å². The zero-order valence-corrected chi connectivity index (χ0v) is 11.2. The van der Waals surface area contributed by atoms with E-state index in [1.54, 1.807) is 20.3 Å². The van der Waals surface area contributed by atoms with Gasteiger partial charge in [-0.05, 0) is 12.5 Å². The lowest BCUT2D eigenvalue weighted by molar-refractivity contribution is 0.139. The van der Waals surface area contributed by atoms with Gasteiger partial charge in [-0.2, -0.15) is 0 Å². The SMILES string of the molecule is CC[C@H](O)[C@H](N)c1cccc(OC)c1OC.Cl. The maximum Gasteiger partial charge on any atom is 0.165 e. The molecule has 5 heteroatoms. The van der Waals surface area contributed by atoms with Crippen LogP contribution in [0.25, 0.3) is 0 Å². The Kier molecular flexibility index (Phi) is 6.95. The zero-order chi connectivity index (χ0) is 12.1. The van der Waals surface area contributed by atoms with Gasteiger partial charge in [-0.1, -0.05) is 19.1 Å². The Morgan fingerprint density at radius 3 is 2.41 bits per heavy atom. The number of hydrogen-bond donors (Lipinski definition) is 2. The predicted octanol–water partition coefficient (Wildman–Crippen LogP) is 1.90. The molecule has 3 N–H and O–H groups in total. The van der Waals surface area contributed by atoms with Crippen molar-refractivity contribution in [2.75, 3.05) is 14.2 Å². The van der Waals surface area contributed by atoms with Crippen molar-refractivity contribution in [3.05, 3.63) is 23.8 Å². The highest BCUT2D eigenvalue weighted by molar-refractivity contribution is 5.85. The number of aliphatic hydroxyl groups excluding tert-OH is 1. The van der Waals surface area contributed by atoms with Crippen molar-refractivity contribution in [2.45, 2.75) is 25.5 Å². The van der Waals surface area contributed by atoms with Gasteiger partial charge >= 0.3 is 0 Å². The van der Waals surface area contributed by atoms with Crippen LogP contribution in [0.4, 0.5) is 0 Å². The van der Waals surface area contributed by atoms with Crippen LogP contribution in [0.5, 0.6) is 11.5 Å². The first-order valence-electron chi connectivity index (χ1n) is 5.30. The number of hydrogen-bond acceptors (Lipinski definition) is 4. The van der Waals surface area contributed by atoms with Crippen LogP contribution in [0.1, 0.15) is 24.9 Å². The number of halogens is 1. The molecule has 0 aliphatic heterocycles. The van der Waals surface area contributed by atoms with Gasteiger partial charge in [-0.15, -0.1) is 12.4 Å². The quantitative estimate of drug-likeness (QED) is 0.850. The Morgan fingerprint density at radius 2 is 1.94 bits per heavy atom. The van der Waals surface area contributed by atoms with E-state index in [0.717, 1.165) is 5.56 Å². The summed E-state index contributed by atoms with van der Waals surface area (Å²) in [6, 6.07) is 5.01. The molecular formula is C12H20ClNO3. The van der Waals surface area contributed by atoms with Gasteiger partial charge in [0.1, 0.15) is 0 Å². The number of benzene rings is 1. The molecule has 0 aromatic heterocycles. The fourth-order valence-electron chi connectivity index (χ4n) is 1.64. The summed E-state index contributed by atoms with van der Waals surface area (Å²) in [5, 5.41) is 9.74. The number of para-hydroxylation sites is 1. The van der Waals surface area contributed by atoms with E-state index in [4.69, 9.17) is 15.2 Å². The number of nitrogens with two attached hydrogens (primary N) is 1. The first kappa shape index (κ1) is 16.0. The molecule has 0 saturated heterocycles. The molecule has 1 rings (SSSR count). The van der Waals surface area contributed by atoms with Crippen LogP contribution in [-0.4, -0.2) is 25.4 Å². The summed E-state index contributed by atoms with van der Waals surface area (Å²) in [6.07, 6.45) is 0.0163. The molecule has 1 aromatic carbocycles. The first-order valence-corrected chi connectivity index (χ1v) is 5.30. The molecule has 0 unspecified atom stereocenters. The van der Waals surface area contributed by atoms with Crippen LogP contribution in [0.2, 0.25) is 0 Å². The Hall–Kier alpha value is -0.970. The molecule has 0 fully saturated rings. The maximum atomic E-state index is 9.74. The lowest BCUT2D eigenvalue weighted by Gasteiger charge is -2.21. The minimum absolute atomic E-state index is 0. The second-order valence-corrected chi connectivity index (χ2v) is 3.58. The molecule has 0 radical (unpaired) electrons. The van der Waals surface area contributed by atoms with Crippen molar-refractivity contribution < 1.29 is 14.6 Å². The van der Waals surface area contributed by atoms with Crippen molar-refractivity contribution >= 4 is 12.4 Å². The van der Waals surface area contributed by atoms with Crippen molar-refractivity contribution in [3.63, 3.8) is 0 Å². The van der Waals surface area contributed by atoms with Crippen LogP contribution in [0, 0.1) is 0 Å². The minimum atomic E-state index is -0.582. The second kappa shape index (κ2) is 7.37. The maximum absolute atomic E-state index is 9.74. The molecule has 1 aromatic rings. The van der Waals surface area contributed by atoms with Crippen LogP contribution < -0.4 is 15.2 Å². The molecule has 0 saturated carbocycles. The number of aliphatic hydroxyl groups is 1. The first-order chi connectivity index (χ1) is 7.65. The highest BCUT2D eigenvalue weighted by atomic mass is 35.5. The number of rotatable bonds is 5. The number of ether oxygens (including phenoxy) is 2. The van der Waals surface area contributed by atoms with Crippen LogP contribution >= 0.6 is 12.4 Å². The third-order valence-electron chi connectivity index (χ3n) is 2.63. The standard InChI is InChI=1S/C12H19NO3.ClH/c1-4-9(14)11(13)8-6-5-7-10(15-2)12(8)16-3;/h5-7,9,11,14H,4,13H2,1-3H3;1H/t9-,11+;/m0./s1. The van der Waals surface area contributed by atoms with E-state index in [0.29, 0.717) is 17.9 Å². The summed E-state index contributed by atoms with van der Waals surface area (Å²) in [5.41, 5.74) is 6.72. The summed E-state index contributed by atoms with van der Waals surface area (Å²) in [6.45, 7) is 1.89. The Bertz CT molecular complexity index is 347. The summed E-state index contributed by atoms with van der Waals surface area (Å²) < 4.78 is 10.4. The van der Waals surface area contributed by atoms with Crippen molar-refractivity contribution in [1.29, 1.82) is 0 Å². The molecule has 2 atom stereocenters. The van der Waals surface area contributed by atoms with Crippen LogP contribution in [0.3, 0.4) is 0 Å². The second-order valence-electron chi connectivity index (χ2n) is 3.58. The average Bonchev–Trinajstić information content (AvgIpc) is 2.35. The zero-order valence-electron chi connectivity index (χ0n) is 10.3. The van der Waals surface area contributed by atoms with Crippen LogP contribution in [-0.2, 0) is 0 Å². The Balaban J connectivity index is 0.00000256. The summed E-state index contributed by atoms with van der Waals surface area (Å²) in [5.74, 6) is 1.21. The molecule has 0 bridgehead atoms. The highest BCUT2D eigenvalue weighted by Gasteiger charge is 2.20. The smallest absolute Gasteiger partial charge is 0.165 e. The van der Waals surface area contributed by atoms with E-state index in [9.17, 15) is 5.11 Å². The number of methoxy groups -OCH3 is 2. The van der Waals surface area contributed by atoms with E-state index in [2.05, 4.69) is 0 Å². The Labute approximate surface area is 108 Å². The fraction of sp³-hybridized carbons (Fsp3) is 0.500. The van der Waals surface area contributed by atoms with Gasteiger partial charge in [-0.25, -0.2) is 0 Å². The van der Waals surface area contributed by atoms with Crippen molar-refractivity contribution in [3.8, 4) is 11.5 Å². The van der Waals surface area contributed by atoms with Crippen molar-refractivity contribution in [2.24, 2.45) is 5.73 Å². The fourth-order valence-corrected chi connectivity index (χ4v) is 1.64. The van der Waals surface area contributed by atoms with E-state index < -0.39 is 12.1 Å². The molecule has 0 spiro atoms. The van der Waals surface area contributed by atoms with E-state index in [1.807, 2.05) is 19.1 Å². The van der Waals surface area contributed by atoms with Gasteiger partial charge in [0.05, 0.1) is 26.4 Å². The summed E-state index contributed by atoms with van der Waals surface area (Å²) in [4.78, 5) is 0. The normalized spacial score (nSPS) is 13.5. The lowest BCUT2D eigenvalue weighted by atomic mass is 9.99. The minimum Gasteiger partial charge on any atom is -0.493 e. The summed E-state index contributed by atoms with van der Waals surface area (Å²) in [7, 11) is 3.13. The van der Waals surface area contributed by atoms with Gasteiger partial charge in [0, 0.05) is 5.56 Å². The van der Waals surface area contributed by atoms with E-state index >= 15 is 0 Å². The van der Waals surface area contributed by atoms with Gasteiger partial charge in [0.2, 0.25) is 0 Å². The molecule has 17 heavy (non-hydrogen) atoms. The molecule has 0 aliphatic rings. The van der Waals surface area contributed by atoms with E-state index in [-0.39, 0.29) is 12.4 Å². The monoisotopic (exact) mass is 261 g/mol. The molecule has 98 valence electrons. The van der Waals surface area contributed by atoms with Crippen molar-refractivity contribution in [1.82, 2.24) is 0 Å². The van der Waals surface area contributed by atoms with E-state index in [1.165, 1.54) is 0 Å². The molecular weight excluding hydrogens is 242 g/mol. The Morgan fingerprint density at radius 1 is 1.29 bits per heavy atom. The summed E-state index contributed by atoms with van der Waals surface area (Å²) >= 11 is 0. The lowest BCUT2D eigenvalue weighted by Crippen LogP contribution is -2.25. The third kappa shape index (κ3) is 3.49. The molecule has 0 amide bonds.